The highest BCUT2D eigenvalue weighted by Crippen LogP contribution is 2.37. The zero-order valence-corrected chi connectivity index (χ0v) is 16.8. The Morgan fingerprint density at radius 3 is 2.97 bits per heavy atom. The maximum atomic E-state index is 13.1. The minimum absolute atomic E-state index is 0.0353. The van der Waals surface area contributed by atoms with Crippen molar-refractivity contribution in [2.45, 2.75) is 44.3 Å². The number of carbonyl (C=O) groups excluding carboxylic acids is 1. The lowest BCUT2D eigenvalue weighted by atomic mass is 9.83. The van der Waals surface area contributed by atoms with Gasteiger partial charge in [0.25, 0.3) is 5.91 Å². The maximum absolute atomic E-state index is 13.1. The standard InChI is InChI=1S/C22H28N2O5/c1-16-3-2-4-17(13-16)20-19(23-15-28-20)21(26)24-8-6-22(7-9-24)14-18(5-11-29-22)27-12-10-25/h2-4,13,15,18,25H,5-12,14H2,1H3. The fourth-order valence-electron chi connectivity index (χ4n) is 4.35. The highest BCUT2D eigenvalue weighted by Gasteiger charge is 2.42. The van der Waals surface area contributed by atoms with Gasteiger partial charge in [0, 0.05) is 31.7 Å². The maximum Gasteiger partial charge on any atom is 0.276 e. The van der Waals surface area contributed by atoms with Crippen LogP contribution in [-0.2, 0) is 9.47 Å². The molecule has 0 bridgehead atoms. The molecule has 1 N–H and O–H groups in total. The summed E-state index contributed by atoms with van der Waals surface area (Å²) in [4.78, 5) is 19.2. The molecule has 2 fully saturated rings. The number of hydrogen-bond donors (Lipinski definition) is 1. The number of nitrogens with zero attached hydrogens (tertiary/aromatic N) is 2. The van der Waals surface area contributed by atoms with Crippen molar-refractivity contribution in [3.63, 3.8) is 0 Å². The molecule has 0 aliphatic carbocycles. The van der Waals surface area contributed by atoms with Crippen LogP contribution in [-0.4, -0.2) is 65.5 Å². The summed E-state index contributed by atoms with van der Waals surface area (Å²) in [5.74, 6) is 0.416. The number of hydrogen-bond acceptors (Lipinski definition) is 6. The van der Waals surface area contributed by atoms with E-state index < -0.39 is 0 Å². The molecule has 1 amide bonds. The number of piperidine rings is 1. The summed E-state index contributed by atoms with van der Waals surface area (Å²) in [5.41, 5.74) is 2.09. The smallest absolute Gasteiger partial charge is 0.276 e. The number of oxazole rings is 1. The molecule has 0 saturated carbocycles. The minimum atomic E-state index is -0.238. The van der Waals surface area contributed by atoms with Gasteiger partial charge < -0.3 is 23.9 Å². The van der Waals surface area contributed by atoms with E-state index in [0.29, 0.717) is 37.8 Å². The molecule has 0 radical (unpaired) electrons. The minimum Gasteiger partial charge on any atom is -0.443 e. The van der Waals surface area contributed by atoms with Crippen molar-refractivity contribution < 1.29 is 23.8 Å². The van der Waals surface area contributed by atoms with Crippen LogP contribution in [0.3, 0.4) is 0 Å². The lowest BCUT2D eigenvalue weighted by molar-refractivity contribution is -0.154. The predicted molar refractivity (Wildman–Crippen MR) is 107 cm³/mol. The molecule has 1 aromatic carbocycles. The topological polar surface area (TPSA) is 85.0 Å². The van der Waals surface area contributed by atoms with E-state index in [-0.39, 0.29) is 24.2 Å². The van der Waals surface area contributed by atoms with E-state index in [4.69, 9.17) is 19.0 Å². The van der Waals surface area contributed by atoms with E-state index in [0.717, 1.165) is 36.8 Å². The molecule has 2 aromatic rings. The van der Waals surface area contributed by atoms with Gasteiger partial charge in [-0.15, -0.1) is 0 Å². The summed E-state index contributed by atoms with van der Waals surface area (Å²) in [7, 11) is 0. The Morgan fingerprint density at radius 1 is 1.38 bits per heavy atom. The summed E-state index contributed by atoms with van der Waals surface area (Å²) in [6.45, 7) is 4.29. The van der Waals surface area contributed by atoms with Crippen LogP contribution in [0, 0.1) is 6.92 Å². The van der Waals surface area contributed by atoms with Gasteiger partial charge in [0.1, 0.15) is 0 Å². The molecule has 7 nitrogen and oxygen atoms in total. The van der Waals surface area contributed by atoms with Gasteiger partial charge in [-0.1, -0.05) is 23.8 Å². The van der Waals surface area contributed by atoms with Crippen LogP contribution in [0.25, 0.3) is 11.3 Å². The number of amides is 1. The highest BCUT2D eigenvalue weighted by molar-refractivity contribution is 5.97. The second-order valence-corrected chi connectivity index (χ2v) is 7.93. The van der Waals surface area contributed by atoms with E-state index in [9.17, 15) is 4.79 Å². The van der Waals surface area contributed by atoms with Crippen molar-refractivity contribution >= 4 is 5.91 Å². The fourth-order valence-corrected chi connectivity index (χ4v) is 4.35. The third kappa shape index (κ3) is 4.37. The molecular weight excluding hydrogens is 372 g/mol. The second-order valence-electron chi connectivity index (χ2n) is 7.93. The number of benzene rings is 1. The molecule has 2 saturated heterocycles. The van der Waals surface area contributed by atoms with Crippen LogP contribution in [0.2, 0.25) is 0 Å². The monoisotopic (exact) mass is 400 g/mol. The number of ether oxygens (including phenoxy) is 2. The van der Waals surface area contributed by atoms with Crippen LogP contribution in [0.4, 0.5) is 0 Å². The Hall–Kier alpha value is -2.22. The normalized spacial score (nSPS) is 21.4. The van der Waals surface area contributed by atoms with Gasteiger partial charge in [-0.05, 0) is 32.3 Å². The van der Waals surface area contributed by atoms with E-state index >= 15 is 0 Å². The van der Waals surface area contributed by atoms with Crippen LogP contribution >= 0.6 is 0 Å². The quantitative estimate of drug-likeness (QED) is 0.831. The number of likely N-dealkylation sites (tertiary alicyclic amines) is 1. The zero-order valence-electron chi connectivity index (χ0n) is 16.8. The Labute approximate surface area is 170 Å². The zero-order chi connectivity index (χ0) is 20.3. The number of aliphatic hydroxyl groups is 1. The Balaban J connectivity index is 1.42. The number of aromatic nitrogens is 1. The molecule has 7 heteroatoms. The van der Waals surface area contributed by atoms with Crippen LogP contribution in [0.5, 0.6) is 0 Å². The van der Waals surface area contributed by atoms with Crippen molar-refractivity contribution in [3.05, 3.63) is 41.9 Å². The number of aliphatic hydroxyl groups excluding tert-OH is 1. The summed E-state index contributed by atoms with van der Waals surface area (Å²) in [6, 6.07) is 7.87. The third-order valence-electron chi connectivity index (χ3n) is 5.90. The molecule has 2 aliphatic rings. The molecule has 4 rings (SSSR count). The van der Waals surface area contributed by atoms with Crippen LogP contribution in [0.1, 0.15) is 41.7 Å². The number of aryl methyl sites for hydroxylation is 1. The first kappa shape index (κ1) is 20.1. The molecule has 1 aromatic heterocycles. The molecule has 1 spiro atoms. The Bertz CT molecular complexity index is 841. The largest absolute Gasteiger partial charge is 0.443 e. The number of rotatable bonds is 5. The SMILES string of the molecule is Cc1cccc(-c2ocnc2C(=O)N2CCC3(CC2)CC(OCCO)CCO3)c1. The lowest BCUT2D eigenvalue weighted by Crippen LogP contribution is -2.52. The van der Waals surface area contributed by atoms with E-state index in [1.54, 1.807) is 0 Å². The summed E-state index contributed by atoms with van der Waals surface area (Å²) >= 11 is 0. The van der Waals surface area contributed by atoms with Crippen LogP contribution < -0.4 is 0 Å². The average Bonchev–Trinajstić information content (AvgIpc) is 3.22. The molecule has 29 heavy (non-hydrogen) atoms. The summed E-state index contributed by atoms with van der Waals surface area (Å²) < 4.78 is 17.4. The molecule has 1 atom stereocenters. The van der Waals surface area contributed by atoms with Gasteiger partial charge in [-0.25, -0.2) is 4.98 Å². The summed E-state index contributed by atoms with van der Waals surface area (Å²) in [6.07, 6.45) is 4.66. The van der Waals surface area contributed by atoms with E-state index in [1.165, 1.54) is 6.39 Å². The first-order chi connectivity index (χ1) is 14.1. The van der Waals surface area contributed by atoms with E-state index in [1.807, 2.05) is 36.1 Å². The Morgan fingerprint density at radius 2 is 2.21 bits per heavy atom. The van der Waals surface area contributed by atoms with E-state index in [2.05, 4.69) is 4.98 Å². The van der Waals surface area contributed by atoms with Crippen molar-refractivity contribution in [1.29, 1.82) is 0 Å². The average molecular weight is 400 g/mol. The highest BCUT2D eigenvalue weighted by atomic mass is 16.5. The summed E-state index contributed by atoms with van der Waals surface area (Å²) in [5, 5.41) is 8.99. The first-order valence-corrected chi connectivity index (χ1v) is 10.3. The fraction of sp³-hybridized carbons (Fsp3) is 0.545. The molecular formula is C22H28N2O5. The van der Waals surface area contributed by atoms with Crippen molar-refractivity contribution in [2.75, 3.05) is 32.9 Å². The predicted octanol–water partition coefficient (Wildman–Crippen LogP) is 2.81. The van der Waals surface area contributed by atoms with Crippen LogP contribution in [0.15, 0.2) is 35.1 Å². The molecule has 2 aliphatic heterocycles. The van der Waals surface area contributed by atoms with Gasteiger partial charge in [-0.3, -0.25) is 4.79 Å². The molecule has 1 unspecified atom stereocenters. The van der Waals surface area contributed by atoms with Crippen molar-refractivity contribution in [1.82, 2.24) is 9.88 Å². The lowest BCUT2D eigenvalue weighted by Gasteiger charge is -2.45. The van der Waals surface area contributed by atoms with Gasteiger partial charge in [0.05, 0.1) is 24.9 Å². The number of carbonyl (C=O) groups is 1. The second kappa shape index (κ2) is 8.65. The van der Waals surface area contributed by atoms with Gasteiger partial charge >= 0.3 is 0 Å². The first-order valence-electron chi connectivity index (χ1n) is 10.3. The molecule has 156 valence electrons. The Kier molecular flexibility index (Phi) is 5.99. The van der Waals surface area contributed by atoms with Crippen molar-refractivity contribution in [3.8, 4) is 11.3 Å². The van der Waals surface area contributed by atoms with Gasteiger partial charge in [0.15, 0.2) is 17.8 Å². The molecule has 3 heterocycles. The van der Waals surface area contributed by atoms with Gasteiger partial charge in [-0.2, -0.15) is 0 Å². The van der Waals surface area contributed by atoms with Crippen molar-refractivity contribution in [2.24, 2.45) is 0 Å². The third-order valence-corrected chi connectivity index (χ3v) is 5.90. The van der Waals surface area contributed by atoms with Gasteiger partial charge in [0.2, 0.25) is 0 Å².